The van der Waals surface area contributed by atoms with Crippen molar-refractivity contribution in [3.63, 3.8) is 0 Å². The first-order valence-electron chi connectivity index (χ1n) is 8.87. The van der Waals surface area contributed by atoms with Gasteiger partial charge in [0.1, 0.15) is 12.6 Å². The smallest absolute Gasteiger partial charge is 0.254 e. The first-order chi connectivity index (χ1) is 12.9. The summed E-state index contributed by atoms with van der Waals surface area (Å²) in [6.45, 7) is 6.07. The Balaban J connectivity index is 1.81. The van der Waals surface area contributed by atoms with Gasteiger partial charge in [0.15, 0.2) is 11.5 Å². The molecule has 6 nitrogen and oxygen atoms in total. The van der Waals surface area contributed by atoms with Crippen molar-refractivity contribution in [2.24, 2.45) is 0 Å². The lowest BCUT2D eigenvalue weighted by Gasteiger charge is -2.20. The number of amides is 2. The standard InChI is InChI=1S/C21H24N2O4/c1-13-11-14(2)20-16(12-13)19(22-15(3)24)21(25)23(20)9-10-27-18-8-6-5-7-17(18)26-4/h5-8,11-12,19H,9-10H2,1-4H3,(H,22,24). The number of carbonyl (C=O) groups is 2. The molecule has 1 unspecified atom stereocenters. The van der Waals surface area contributed by atoms with Gasteiger partial charge in [0.05, 0.1) is 19.3 Å². The van der Waals surface area contributed by atoms with E-state index in [4.69, 9.17) is 9.47 Å². The Kier molecular flexibility index (Phi) is 5.35. The third-order valence-corrected chi connectivity index (χ3v) is 4.56. The molecule has 3 rings (SSSR count). The Bertz CT molecular complexity index is 878. The molecule has 6 heteroatoms. The zero-order valence-electron chi connectivity index (χ0n) is 16.0. The molecular formula is C21H24N2O4. The van der Waals surface area contributed by atoms with E-state index in [9.17, 15) is 9.59 Å². The lowest BCUT2D eigenvalue weighted by molar-refractivity contribution is -0.126. The highest BCUT2D eigenvalue weighted by Gasteiger charge is 2.38. The van der Waals surface area contributed by atoms with Crippen LogP contribution in [0.25, 0.3) is 0 Å². The number of hydrogen-bond donors (Lipinski definition) is 1. The van der Waals surface area contributed by atoms with Crippen molar-refractivity contribution in [2.45, 2.75) is 26.8 Å². The van der Waals surface area contributed by atoms with Gasteiger partial charge in [-0.15, -0.1) is 0 Å². The average Bonchev–Trinajstić information content (AvgIpc) is 2.87. The van der Waals surface area contributed by atoms with E-state index in [1.54, 1.807) is 12.0 Å². The molecule has 1 N–H and O–H groups in total. The molecule has 1 aliphatic rings. The van der Waals surface area contributed by atoms with Gasteiger partial charge in [0.2, 0.25) is 5.91 Å². The second kappa shape index (κ2) is 7.70. The van der Waals surface area contributed by atoms with E-state index in [0.717, 1.165) is 22.4 Å². The van der Waals surface area contributed by atoms with Crippen LogP contribution in [-0.4, -0.2) is 32.1 Å². The Morgan fingerprint density at radius 2 is 1.89 bits per heavy atom. The second-order valence-electron chi connectivity index (χ2n) is 6.64. The van der Waals surface area contributed by atoms with Gasteiger partial charge >= 0.3 is 0 Å². The van der Waals surface area contributed by atoms with Crippen LogP contribution in [0.4, 0.5) is 5.69 Å². The van der Waals surface area contributed by atoms with Crippen LogP contribution in [0.3, 0.4) is 0 Å². The topological polar surface area (TPSA) is 67.9 Å². The minimum atomic E-state index is -0.651. The molecule has 2 aromatic rings. The molecule has 0 saturated heterocycles. The van der Waals surface area contributed by atoms with Crippen molar-refractivity contribution in [1.29, 1.82) is 0 Å². The van der Waals surface area contributed by atoms with Gasteiger partial charge in [0, 0.05) is 12.5 Å². The lowest BCUT2D eigenvalue weighted by atomic mass is 10.0. The predicted octanol–water partition coefficient (Wildman–Crippen LogP) is 2.91. The number of nitrogens with zero attached hydrogens (tertiary/aromatic N) is 1. The molecule has 0 radical (unpaired) electrons. The molecule has 1 heterocycles. The molecule has 0 fully saturated rings. The van der Waals surface area contributed by atoms with Gasteiger partial charge in [-0.1, -0.05) is 29.8 Å². The normalized spacial score (nSPS) is 15.5. The quantitative estimate of drug-likeness (QED) is 0.851. The zero-order chi connectivity index (χ0) is 19.6. The highest BCUT2D eigenvalue weighted by molar-refractivity contribution is 6.07. The van der Waals surface area contributed by atoms with Gasteiger partial charge in [-0.2, -0.15) is 0 Å². The summed E-state index contributed by atoms with van der Waals surface area (Å²) >= 11 is 0. The fourth-order valence-electron chi connectivity index (χ4n) is 3.53. The van der Waals surface area contributed by atoms with Crippen LogP contribution in [0.1, 0.15) is 29.7 Å². The van der Waals surface area contributed by atoms with Crippen molar-refractivity contribution in [3.8, 4) is 11.5 Å². The van der Waals surface area contributed by atoms with Crippen molar-refractivity contribution in [3.05, 3.63) is 53.1 Å². The van der Waals surface area contributed by atoms with Gasteiger partial charge in [-0.05, 0) is 31.5 Å². The van der Waals surface area contributed by atoms with Crippen LogP contribution < -0.4 is 19.7 Å². The third kappa shape index (κ3) is 3.74. The predicted molar refractivity (Wildman–Crippen MR) is 103 cm³/mol. The minimum Gasteiger partial charge on any atom is -0.493 e. The van der Waals surface area contributed by atoms with Crippen LogP contribution in [0.5, 0.6) is 11.5 Å². The maximum absolute atomic E-state index is 13.0. The van der Waals surface area contributed by atoms with E-state index in [1.807, 2.05) is 50.2 Å². The molecule has 0 bridgehead atoms. The Hall–Kier alpha value is -3.02. The Labute approximate surface area is 159 Å². The van der Waals surface area contributed by atoms with Crippen LogP contribution in [0, 0.1) is 13.8 Å². The molecule has 2 aromatic carbocycles. The van der Waals surface area contributed by atoms with Crippen LogP contribution >= 0.6 is 0 Å². The molecule has 0 aliphatic carbocycles. The first kappa shape index (κ1) is 18.8. The van der Waals surface area contributed by atoms with Crippen LogP contribution in [-0.2, 0) is 9.59 Å². The third-order valence-electron chi connectivity index (χ3n) is 4.56. The molecule has 1 atom stereocenters. The monoisotopic (exact) mass is 368 g/mol. The molecule has 142 valence electrons. The highest BCUT2D eigenvalue weighted by Crippen LogP contribution is 2.39. The summed E-state index contributed by atoms with van der Waals surface area (Å²) in [6, 6.07) is 10.7. The number of nitrogens with one attached hydrogen (secondary N) is 1. The van der Waals surface area contributed by atoms with E-state index < -0.39 is 6.04 Å². The Morgan fingerprint density at radius 3 is 2.56 bits per heavy atom. The van der Waals surface area contributed by atoms with Gasteiger partial charge in [-0.25, -0.2) is 0 Å². The first-order valence-corrected chi connectivity index (χ1v) is 8.87. The number of anilines is 1. The fraction of sp³-hybridized carbons (Fsp3) is 0.333. The molecule has 2 amide bonds. The summed E-state index contributed by atoms with van der Waals surface area (Å²) in [5, 5.41) is 2.77. The van der Waals surface area contributed by atoms with E-state index in [0.29, 0.717) is 24.7 Å². The zero-order valence-corrected chi connectivity index (χ0v) is 16.0. The second-order valence-corrected chi connectivity index (χ2v) is 6.64. The van der Waals surface area contributed by atoms with Crippen molar-refractivity contribution >= 4 is 17.5 Å². The summed E-state index contributed by atoms with van der Waals surface area (Å²) in [6.07, 6.45) is 0. The molecule has 0 saturated carbocycles. The molecule has 0 spiro atoms. The largest absolute Gasteiger partial charge is 0.493 e. The van der Waals surface area contributed by atoms with Gasteiger partial charge in [-0.3, -0.25) is 9.59 Å². The number of carbonyl (C=O) groups excluding carboxylic acids is 2. The number of rotatable bonds is 6. The SMILES string of the molecule is COc1ccccc1OCCN1C(=O)C(NC(C)=O)c2cc(C)cc(C)c21. The fourth-order valence-corrected chi connectivity index (χ4v) is 3.53. The highest BCUT2D eigenvalue weighted by atomic mass is 16.5. The molecule has 1 aliphatic heterocycles. The molecule has 0 aromatic heterocycles. The van der Waals surface area contributed by atoms with E-state index in [1.165, 1.54) is 6.92 Å². The number of methoxy groups -OCH3 is 1. The van der Waals surface area contributed by atoms with Crippen LogP contribution in [0.15, 0.2) is 36.4 Å². The maximum Gasteiger partial charge on any atom is 0.254 e. The molecule has 27 heavy (non-hydrogen) atoms. The minimum absolute atomic E-state index is 0.141. The summed E-state index contributed by atoms with van der Waals surface area (Å²) in [5.74, 6) is 0.905. The van der Waals surface area contributed by atoms with Crippen molar-refractivity contribution in [2.75, 3.05) is 25.2 Å². The lowest BCUT2D eigenvalue weighted by Crippen LogP contribution is -2.38. The number of hydrogen-bond acceptors (Lipinski definition) is 4. The number of benzene rings is 2. The number of aryl methyl sites for hydroxylation is 2. The van der Waals surface area contributed by atoms with Crippen molar-refractivity contribution < 1.29 is 19.1 Å². The van der Waals surface area contributed by atoms with Crippen LogP contribution in [0.2, 0.25) is 0 Å². The van der Waals surface area contributed by atoms with E-state index in [2.05, 4.69) is 5.32 Å². The summed E-state index contributed by atoms with van der Waals surface area (Å²) in [7, 11) is 1.59. The molecular weight excluding hydrogens is 344 g/mol. The average molecular weight is 368 g/mol. The summed E-state index contributed by atoms with van der Waals surface area (Å²) in [4.78, 5) is 26.2. The maximum atomic E-state index is 13.0. The van der Waals surface area contributed by atoms with E-state index >= 15 is 0 Å². The van der Waals surface area contributed by atoms with Gasteiger partial charge < -0.3 is 19.7 Å². The summed E-state index contributed by atoms with van der Waals surface area (Å²) < 4.78 is 11.1. The van der Waals surface area contributed by atoms with Gasteiger partial charge in [0.25, 0.3) is 5.91 Å². The number of ether oxygens (including phenoxy) is 2. The van der Waals surface area contributed by atoms with E-state index in [-0.39, 0.29) is 11.8 Å². The summed E-state index contributed by atoms with van der Waals surface area (Å²) in [5.41, 5.74) is 3.75. The number of para-hydroxylation sites is 2. The number of fused-ring (bicyclic) bond motifs is 1. The van der Waals surface area contributed by atoms with Crippen molar-refractivity contribution in [1.82, 2.24) is 5.32 Å². The Morgan fingerprint density at radius 1 is 1.19 bits per heavy atom.